The summed E-state index contributed by atoms with van der Waals surface area (Å²) in [6.45, 7) is 1.71. The Kier molecular flexibility index (Phi) is 3.41. The van der Waals surface area contributed by atoms with E-state index in [4.69, 9.17) is 10.5 Å². The number of rotatable bonds is 3. The number of hydrogen-bond acceptors (Lipinski definition) is 3. The number of amides is 1. The molecule has 86 valence electrons. The summed E-state index contributed by atoms with van der Waals surface area (Å²) >= 11 is 0. The Hall–Kier alpha value is -1.55. The van der Waals surface area contributed by atoms with Crippen LogP contribution in [0.3, 0.4) is 0 Å². The highest BCUT2D eigenvalue weighted by molar-refractivity contribution is 5.79. The van der Waals surface area contributed by atoms with Crippen LogP contribution in [0.15, 0.2) is 24.3 Å². The summed E-state index contributed by atoms with van der Waals surface area (Å²) in [6.07, 6.45) is 0.816. The molecule has 1 aliphatic rings. The highest BCUT2D eigenvalue weighted by atomic mass is 16.5. The molecule has 16 heavy (non-hydrogen) atoms. The van der Waals surface area contributed by atoms with Crippen molar-refractivity contribution in [3.8, 4) is 0 Å². The van der Waals surface area contributed by atoms with Crippen molar-refractivity contribution in [3.63, 3.8) is 0 Å². The maximum absolute atomic E-state index is 11.7. The van der Waals surface area contributed by atoms with Crippen molar-refractivity contribution in [2.24, 2.45) is 5.92 Å². The van der Waals surface area contributed by atoms with E-state index in [9.17, 15) is 4.79 Å². The van der Waals surface area contributed by atoms with Crippen LogP contribution in [-0.4, -0.2) is 19.1 Å². The fourth-order valence-electron chi connectivity index (χ4n) is 1.76. The Morgan fingerprint density at radius 3 is 3.00 bits per heavy atom. The molecular weight excluding hydrogens is 204 g/mol. The smallest absolute Gasteiger partial charge is 0.225 e. The lowest BCUT2D eigenvalue weighted by atomic mass is 10.1. The molecule has 1 fully saturated rings. The molecule has 3 N–H and O–H groups in total. The third-order valence-corrected chi connectivity index (χ3v) is 2.81. The second-order valence-electron chi connectivity index (χ2n) is 3.98. The fraction of sp³-hybridized carbons (Fsp3) is 0.417. The van der Waals surface area contributed by atoms with Crippen molar-refractivity contribution in [2.45, 2.75) is 13.0 Å². The van der Waals surface area contributed by atoms with Crippen LogP contribution in [0.5, 0.6) is 0 Å². The predicted octanol–water partition coefficient (Wildman–Crippen LogP) is 0.921. The van der Waals surface area contributed by atoms with Gasteiger partial charge in [0.15, 0.2) is 0 Å². The number of carbonyl (C=O) groups excluding carboxylic acids is 1. The van der Waals surface area contributed by atoms with E-state index in [0.717, 1.165) is 12.0 Å². The van der Waals surface area contributed by atoms with Crippen molar-refractivity contribution in [2.75, 3.05) is 18.9 Å². The number of hydrogen-bond donors (Lipinski definition) is 2. The number of ether oxygens (including phenoxy) is 1. The maximum Gasteiger partial charge on any atom is 0.225 e. The number of para-hydroxylation sites is 1. The molecule has 1 saturated heterocycles. The third kappa shape index (κ3) is 2.52. The van der Waals surface area contributed by atoms with Crippen LogP contribution in [0.2, 0.25) is 0 Å². The van der Waals surface area contributed by atoms with E-state index in [1.54, 1.807) is 0 Å². The maximum atomic E-state index is 11.7. The zero-order valence-electron chi connectivity index (χ0n) is 9.11. The molecule has 0 radical (unpaired) electrons. The second-order valence-corrected chi connectivity index (χ2v) is 3.98. The van der Waals surface area contributed by atoms with Gasteiger partial charge in [-0.3, -0.25) is 4.79 Å². The second kappa shape index (κ2) is 4.99. The Bertz CT molecular complexity index is 373. The van der Waals surface area contributed by atoms with Gasteiger partial charge in [-0.1, -0.05) is 18.2 Å². The van der Waals surface area contributed by atoms with Gasteiger partial charge in [-0.2, -0.15) is 0 Å². The quantitative estimate of drug-likeness (QED) is 0.744. The van der Waals surface area contributed by atoms with Crippen molar-refractivity contribution in [3.05, 3.63) is 29.8 Å². The van der Waals surface area contributed by atoms with E-state index < -0.39 is 0 Å². The Morgan fingerprint density at radius 1 is 1.50 bits per heavy atom. The summed E-state index contributed by atoms with van der Waals surface area (Å²) in [5.74, 6) is 0.0608. The highest BCUT2D eigenvalue weighted by Crippen LogP contribution is 2.13. The van der Waals surface area contributed by atoms with Crippen LogP contribution in [0.1, 0.15) is 12.0 Å². The molecule has 1 aliphatic heterocycles. The number of carbonyl (C=O) groups is 1. The molecule has 1 aromatic rings. The number of anilines is 1. The lowest BCUT2D eigenvalue weighted by Crippen LogP contribution is -2.30. The lowest BCUT2D eigenvalue weighted by Gasteiger charge is -2.10. The minimum absolute atomic E-state index is 0.00457. The first kappa shape index (κ1) is 11.0. The van der Waals surface area contributed by atoms with Gasteiger partial charge in [0.1, 0.15) is 0 Å². The van der Waals surface area contributed by atoms with E-state index in [-0.39, 0.29) is 11.8 Å². The minimum Gasteiger partial charge on any atom is -0.398 e. The molecule has 0 aliphatic carbocycles. The Morgan fingerprint density at radius 2 is 2.31 bits per heavy atom. The van der Waals surface area contributed by atoms with Crippen molar-refractivity contribution < 1.29 is 9.53 Å². The molecule has 0 bridgehead atoms. The highest BCUT2D eigenvalue weighted by Gasteiger charge is 2.22. The molecule has 1 heterocycles. The average Bonchev–Trinajstić information content (AvgIpc) is 2.81. The van der Waals surface area contributed by atoms with E-state index in [1.165, 1.54) is 0 Å². The minimum atomic E-state index is 0.00457. The predicted molar refractivity (Wildman–Crippen MR) is 61.6 cm³/mol. The van der Waals surface area contributed by atoms with Gasteiger partial charge in [0, 0.05) is 18.8 Å². The van der Waals surface area contributed by atoms with Crippen molar-refractivity contribution in [1.82, 2.24) is 5.32 Å². The van der Waals surface area contributed by atoms with Crippen LogP contribution < -0.4 is 11.1 Å². The normalized spacial score (nSPS) is 19.6. The summed E-state index contributed by atoms with van der Waals surface area (Å²) in [4.78, 5) is 11.7. The molecule has 4 heteroatoms. The summed E-state index contributed by atoms with van der Waals surface area (Å²) in [5.41, 5.74) is 7.45. The molecule has 0 spiro atoms. The van der Waals surface area contributed by atoms with E-state index >= 15 is 0 Å². The van der Waals surface area contributed by atoms with Gasteiger partial charge in [-0.05, 0) is 18.1 Å². The third-order valence-electron chi connectivity index (χ3n) is 2.81. The molecule has 2 rings (SSSR count). The molecule has 4 nitrogen and oxygen atoms in total. The molecule has 1 amide bonds. The lowest BCUT2D eigenvalue weighted by molar-refractivity contribution is -0.125. The van der Waals surface area contributed by atoms with Crippen LogP contribution in [0, 0.1) is 5.92 Å². The monoisotopic (exact) mass is 220 g/mol. The molecule has 1 unspecified atom stereocenters. The summed E-state index contributed by atoms with van der Waals surface area (Å²) in [7, 11) is 0. The van der Waals surface area contributed by atoms with Crippen molar-refractivity contribution in [1.29, 1.82) is 0 Å². The van der Waals surface area contributed by atoms with E-state index in [2.05, 4.69) is 5.32 Å². The Balaban J connectivity index is 1.87. The topological polar surface area (TPSA) is 64.3 Å². The largest absolute Gasteiger partial charge is 0.398 e. The average molecular weight is 220 g/mol. The SMILES string of the molecule is Nc1ccccc1CNC(=O)C1CCOC1. The first-order chi connectivity index (χ1) is 7.77. The van der Waals surface area contributed by atoms with Gasteiger partial charge >= 0.3 is 0 Å². The van der Waals surface area contributed by atoms with Crippen molar-refractivity contribution >= 4 is 11.6 Å². The zero-order valence-corrected chi connectivity index (χ0v) is 9.11. The molecule has 0 saturated carbocycles. The number of nitrogen functional groups attached to an aromatic ring is 1. The van der Waals surface area contributed by atoms with E-state index in [0.29, 0.717) is 25.4 Å². The van der Waals surface area contributed by atoms with Gasteiger partial charge in [-0.15, -0.1) is 0 Å². The van der Waals surface area contributed by atoms with Gasteiger partial charge in [0.2, 0.25) is 5.91 Å². The van der Waals surface area contributed by atoms with Gasteiger partial charge in [0.25, 0.3) is 0 Å². The van der Waals surface area contributed by atoms with Crippen LogP contribution in [-0.2, 0) is 16.1 Å². The van der Waals surface area contributed by atoms with Crippen LogP contribution >= 0.6 is 0 Å². The summed E-state index contributed by atoms with van der Waals surface area (Å²) in [6, 6.07) is 7.54. The molecule has 1 aromatic carbocycles. The first-order valence-corrected chi connectivity index (χ1v) is 5.46. The van der Waals surface area contributed by atoms with E-state index in [1.807, 2.05) is 24.3 Å². The first-order valence-electron chi connectivity index (χ1n) is 5.46. The number of nitrogens with one attached hydrogen (secondary N) is 1. The van der Waals surface area contributed by atoms with Gasteiger partial charge in [0.05, 0.1) is 12.5 Å². The van der Waals surface area contributed by atoms with Crippen LogP contribution in [0.25, 0.3) is 0 Å². The Labute approximate surface area is 94.8 Å². The number of benzene rings is 1. The molecular formula is C12H16N2O2. The van der Waals surface area contributed by atoms with Gasteiger partial charge in [-0.25, -0.2) is 0 Å². The molecule has 0 aromatic heterocycles. The number of nitrogens with two attached hydrogens (primary N) is 1. The molecule has 1 atom stereocenters. The summed E-state index contributed by atoms with van der Waals surface area (Å²) in [5, 5.41) is 2.88. The zero-order chi connectivity index (χ0) is 11.4. The summed E-state index contributed by atoms with van der Waals surface area (Å²) < 4.78 is 5.17. The van der Waals surface area contributed by atoms with Gasteiger partial charge < -0.3 is 15.8 Å². The standard InChI is InChI=1S/C12H16N2O2/c13-11-4-2-1-3-9(11)7-14-12(15)10-5-6-16-8-10/h1-4,10H,5-8,13H2,(H,14,15). The fourth-order valence-corrected chi connectivity index (χ4v) is 1.76. The van der Waals surface area contributed by atoms with Crippen LogP contribution in [0.4, 0.5) is 5.69 Å².